The Hall–Kier alpha value is -1.77. The highest BCUT2D eigenvalue weighted by Crippen LogP contribution is 2.55. The summed E-state index contributed by atoms with van der Waals surface area (Å²) < 4.78 is 183. The van der Waals surface area contributed by atoms with E-state index < -0.39 is 73.5 Å². The van der Waals surface area contributed by atoms with Gasteiger partial charge in [-0.05, 0) is 0 Å². The summed E-state index contributed by atoms with van der Waals surface area (Å²) >= 11 is 0. The van der Waals surface area contributed by atoms with Crippen LogP contribution in [-0.2, 0) is 9.53 Å². The topological polar surface area (TPSA) is 26.3 Å². The highest BCUT2D eigenvalue weighted by atomic mass is 19.4. The zero-order chi connectivity index (χ0) is 23.7. The van der Waals surface area contributed by atoms with Crippen molar-refractivity contribution in [3.05, 3.63) is 12.4 Å². The van der Waals surface area contributed by atoms with Crippen LogP contribution >= 0.6 is 0 Å². The Morgan fingerprint density at radius 3 is 1.52 bits per heavy atom. The Kier molecular flexibility index (Phi) is 7.66. The molecule has 2 nitrogen and oxygen atoms in total. The first kappa shape index (κ1) is 27.2. The number of rotatable bonds is 10. The van der Waals surface area contributed by atoms with Gasteiger partial charge in [0.15, 0.2) is 0 Å². The van der Waals surface area contributed by atoms with E-state index in [-0.39, 0.29) is 0 Å². The van der Waals surface area contributed by atoms with Crippen LogP contribution in [0.2, 0.25) is 0 Å². The second kappa shape index (κ2) is 8.16. The summed E-state index contributed by atoms with van der Waals surface area (Å²) in [5.41, 5.74) is 0. The van der Waals surface area contributed by atoms with Crippen LogP contribution in [0.5, 0.6) is 0 Å². The van der Waals surface area contributed by atoms with Crippen molar-refractivity contribution in [2.75, 3.05) is 6.61 Å². The minimum atomic E-state index is -7.05. The Morgan fingerprint density at radius 1 is 0.724 bits per heavy atom. The third-order valence-corrected chi connectivity index (χ3v) is 3.18. The lowest BCUT2D eigenvalue weighted by Crippen LogP contribution is -2.58. The number of ether oxygens (including phenoxy) is 1. The zero-order valence-electron chi connectivity index (χ0n) is 13.6. The van der Waals surface area contributed by atoms with Crippen molar-refractivity contribution in [1.29, 1.82) is 0 Å². The first-order chi connectivity index (χ1) is 12.5. The monoisotopic (exact) mass is 464 g/mol. The molecule has 0 saturated heterocycles. The van der Waals surface area contributed by atoms with Crippen LogP contribution in [0.25, 0.3) is 0 Å². The molecule has 0 aromatic heterocycles. The van der Waals surface area contributed by atoms with Gasteiger partial charge in [-0.15, -0.1) is 0 Å². The normalized spacial score (nSPS) is 14.7. The number of carbonyl (C=O) groups is 1. The van der Waals surface area contributed by atoms with Gasteiger partial charge in [-0.3, -0.25) is 0 Å². The van der Waals surface area contributed by atoms with Crippen molar-refractivity contribution < 1.29 is 71.0 Å². The summed E-state index contributed by atoms with van der Waals surface area (Å²) in [4.78, 5) is 10.5. The number of alkyl halides is 13. The number of halogens is 14. The summed E-state index contributed by atoms with van der Waals surface area (Å²) in [6.45, 7) is 0.792. The number of hydrogen-bond donors (Lipinski definition) is 0. The molecule has 0 bridgehead atoms. The molecule has 0 aromatic rings. The summed E-state index contributed by atoms with van der Waals surface area (Å²) in [5.74, 6) is -35.6. The van der Waals surface area contributed by atoms with Crippen molar-refractivity contribution >= 4 is 5.97 Å². The van der Waals surface area contributed by atoms with Crippen LogP contribution in [0.3, 0.4) is 0 Å². The Balaban J connectivity index is 5.42. The first-order valence-corrected chi connectivity index (χ1v) is 6.96. The molecule has 0 spiro atoms. The quantitative estimate of drug-likeness (QED) is 0.228. The summed E-state index contributed by atoms with van der Waals surface area (Å²) in [7, 11) is 0. The van der Waals surface area contributed by atoms with E-state index in [0.717, 1.165) is 0 Å². The molecule has 0 amide bonds. The van der Waals surface area contributed by atoms with Crippen molar-refractivity contribution in [2.45, 2.75) is 55.1 Å². The third-order valence-electron chi connectivity index (χ3n) is 3.18. The Morgan fingerprint density at radius 2 is 1.14 bits per heavy atom. The van der Waals surface area contributed by atoms with Gasteiger partial charge in [0.1, 0.15) is 0 Å². The average molecular weight is 464 g/mol. The molecule has 29 heavy (non-hydrogen) atoms. The molecule has 0 aliphatic heterocycles. The van der Waals surface area contributed by atoms with Crippen LogP contribution < -0.4 is 0 Å². The van der Waals surface area contributed by atoms with Gasteiger partial charge in [0.25, 0.3) is 5.92 Å². The van der Waals surface area contributed by atoms with E-state index in [0.29, 0.717) is 0 Å². The molecule has 0 N–H and O–H groups in total. The number of esters is 1. The van der Waals surface area contributed by atoms with Gasteiger partial charge in [-0.25, -0.2) is 13.6 Å². The van der Waals surface area contributed by atoms with E-state index in [4.69, 9.17) is 0 Å². The second-order valence-electron chi connectivity index (χ2n) is 5.69. The van der Waals surface area contributed by atoms with Crippen LogP contribution in [0.15, 0.2) is 12.4 Å². The lowest BCUT2D eigenvalue weighted by molar-refractivity contribution is -0.357. The van der Waals surface area contributed by atoms with Gasteiger partial charge in [-0.1, -0.05) is 6.58 Å². The maximum atomic E-state index is 13.4. The Bertz CT molecular complexity index is 607. The molecule has 16 heteroatoms. The fraction of sp³-hybridized carbons (Fsp3) is 0.769. The average Bonchev–Trinajstić information content (AvgIpc) is 2.42. The minimum Gasteiger partial charge on any atom is -0.460 e. The van der Waals surface area contributed by atoms with Crippen LogP contribution in [0.1, 0.15) is 19.3 Å². The van der Waals surface area contributed by atoms with Gasteiger partial charge in [-0.2, -0.15) is 52.7 Å². The zero-order valence-corrected chi connectivity index (χ0v) is 13.6. The largest absolute Gasteiger partial charge is 0.460 e. The van der Waals surface area contributed by atoms with Gasteiger partial charge in [0, 0.05) is 6.42 Å². The summed E-state index contributed by atoms with van der Waals surface area (Å²) in [6, 6.07) is 0. The number of carbonyl (C=O) groups excluding carboxylic acids is 1. The van der Waals surface area contributed by atoms with Gasteiger partial charge in [0.05, 0.1) is 19.4 Å². The molecule has 0 fully saturated rings. The minimum absolute atomic E-state index is 1.57. The third kappa shape index (κ3) is 6.62. The van der Waals surface area contributed by atoms with Crippen molar-refractivity contribution in [3.63, 3.8) is 0 Å². The van der Waals surface area contributed by atoms with Crippen molar-refractivity contribution in [2.24, 2.45) is 0 Å². The first-order valence-electron chi connectivity index (χ1n) is 6.96. The van der Waals surface area contributed by atoms with Gasteiger partial charge >= 0.3 is 35.8 Å². The highest BCUT2D eigenvalue weighted by Gasteiger charge is 2.76. The SMILES string of the molecule is C=C(F)C(=O)OCCC(F)(F)CC(F)(F)C(F)(F)C(F)(F)CC(F)(F)C(F)(F)F. The van der Waals surface area contributed by atoms with Crippen molar-refractivity contribution in [1.82, 2.24) is 0 Å². The molecule has 0 saturated carbocycles. The van der Waals surface area contributed by atoms with E-state index in [9.17, 15) is 66.3 Å². The van der Waals surface area contributed by atoms with E-state index in [1.165, 1.54) is 0 Å². The van der Waals surface area contributed by atoms with E-state index in [1.807, 2.05) is 0 Å². The molecule has 0 rings (SSSR count). The van der Waals surface area contributed by atoms with Gasteiger partial charge in [0.2, 0.25) is 5.83 Å². The predicted molar refractivity (Wildman–Crippen MR) is 65.8 cm³/mol. The fourth-order valence-corrected chi connectivity index (χ4v) is 1.65. The van der Waals surface area contributed by atoms with E-state index in [1.54, 1.807) is 0 Å². The molecule has 0 atom stereocenters. The molecule has 0 aromatic carbocycles. The lowest BCUT2D eigenvalue weighted by Gasteiger charge is -2.36. The van der Waals surface area contributed by atoms with Gasteiger partial charge < -0.3 is 4.74 Å². The van der Waals surface area contributed by atoms with Crippen LogP contribution in [0.4, 0.5) is 61.5 Å². The fourth-order valence-electron chi connectivity index (χ4n) is 1.65. The Labute approximate surface area is 152 Å². The van der Waals surface area contributed by atoms with E-state index in [2.05, 4.69) is 11.3 Å². The smallest absolute Gasteiger partial charge is 0.453 e. The lowest BCUT2D eigenvalue weighted by atomic mass is 9.93. The molecule has 0 heterocycles. The van der Waals surface area contributed by atoms with Crippen molar-refractivity contribution in [3.8, 4) is 0 Å². The molecular weight excluding hydrogens is 454 g/mol. The summed E-state index contributed by atoms with van der Waals surface area (Å²) in [6.07, 6.45) is -16.4. The highest BCUT2D eigenvalue weighted by molar-refractivity contribution is 5.85. The molecule has 172 valence electrons. The molecule has 0 radical (unpaired) electrons. The maximum absolute atomic E-state index is 13.4. The predicted octanol–water partition coefficient (Wildman–Crippen LogP) is 5.92. The standard InChI is InChI=1S/C13H10F14O2/c1-6(14)7(28)29-3-2-8(15,16)4-9(17,18)12(23,24)10(19,20)5-11(21,22)13(25,26)27/h1-5H2. The van der Waals surface area contributed by atoms with Crippen LogP contribution in [0, 0.1) is 0 Å². The summed E-state index contributed by atoms with van der Waals surface area (Å²) in [5, 5.41) is 0. The maximum Gasteiger partial charge on any atom is 0.453 e. The molecule has 0 aliphatic carbocycles. The molecular formula is C13H10F14O2. The van der Waals surface area contributed by atoms with Crippen LogP contribution in [-0.4, -0.2) is 48.4 Å². The molecule has 0 unspecified atom stereocenters. The number of hydrogen-bond acceptors (Lipinski definition) is 2. The van der Waals surface area contributed by atoms with E-state index >= 15 is 0 Å². The molecule has 0 aliphatic rings. The second-order valence-corrected chi connectivity index (χ2v) is 5.69.